The van der Waals surface area contributed by atoms with Crippen molar-refractivity contribution >= 4 is 0 Å². The standard InChI is InChI=1S/C16H32N4O3.C2H6/c1-4-21-8-5-16-14-18-19-20(16)7-10-23-12-11-22-9-6-17-13-15(2)3;1-2/h14-15,17H,4-13H2,1-3H3;1-2H3. The van der Waals surface area contributed by atoms with Gasteiger partial charge in [-0.05, 0) is 19.4 Å². The smallest absolute Gasteiger partial charge is 0.0726 e. The molecule has 7 nitrogen and oxygen atoms in total. The molecule has 148 valence electrons. The predicted molar refractivity (Wildman–Crippen MR) is 101 cm³/mol. The highest BCUT2D eigenvalue weighted by molar-refractivity contribution is 4.93. The molecule has 0 fully saturated rings. The second kappa shape index (κ2) is 17.8. The molecule has 0 saturated heterocycles. The van der Waals surface area contributed by atoms with Crippen molar-refractivity contribution in [2.24, 2.45) is 5.92 Å². The Morgan fingerprint density at radius 3 is 2.44 bits per heavy atom. The van der Waals surface area contributed by atoms with E-state index < -0.39 is 0 Å². The molecule has 0 aliphatic heterocycles. The van der Waals surface area contributed by atoms with Crippen molar-refractivity contribution in [3.05, 3.63) is 11.9 Å². The highest BCUT2D eigenvalue weighted by atomic mass is 16.5. The SMILES string of the molecule is CC.CCOCCc1cnnn1CCOCCOCCNCC(C)C. The van der Waals surface area contributed by atoms with Crippen LogP contribution in [0.25, 0.3) is 0 Å². The number of nitrogens with zero attached hydrogens (tertiary/aromatic N) is 3. The lowest BCUT2D eigenvalue weighted by Crippen LogP contribution is -2.24. The van der Waals surface area contributed by atoms with Gasteiger partial charge in [0.15, 0.2) is 0 Å². The van der Waals surface area contributed by atoms with Crippen LogP contribution in [0.4, 0.5) is 0 Å². The third-order valence-corrected chi connectivity index (χ3v) is 3.20. The van der Waals surface area contributed by atoms with E-state index >= 15 is 0 Å². The Labute approximate surface area is 153 Å². The summed E-state index contributed by atoms with van der Waals surface area (Å²) < 4.78 is 18.3. The van der Waals surface area contributed by atoms with Gasteiger partial charge in [0, 0.05) is 19.6 Å². The minimum atomic E-state index is 0.604. The second-order valence-electron chi connectivity index (χ2n) is 5.72. The molecule has 0 aliphatic carbocycles. The zero-order valence-corrected chi connectivity index (χ0v) is 16.8. The van der Waals surface area contributed by atoms with Crippen molar-refractivity contribution in [2.45, 2.75) is 47.6 Å². The molecular formula is C18H38N4O3. The van der Waals surface area contributed by atoms with Crippen molar-refractivity contribution in [1.29, 1.82) is 0 Å². The fraction of sp³-hybridized carbons (Fsp3) is 0.889. The minimum absolute atomic E-state index is 0.604. The summed E-state index contributed by atoms with van der Waals surface area (Å²) >= 11 is 0. The van der Waals surface area contributed by atoms with Gasteiger partial charge < -0.3 is 19.5 Å². The van der Waals surface area contributed by atoms with Crippen molar-refractivity contribution in [1.82, 2.24) is 20.3 Å². The van der Waals surface area contributed by atoms with Gasteiger partial charge in [0.05, 0.1) is 51.5 Å². The Hall–Kier alpha value is -1.02. The van der Waals surface area contributed by atoms with Crippen LogP contribution in [-0.2, 0) is 27.2 Å². The van der Waals surface area contributed by atoms with Gasteiger partial charge in [-0.15, -0.1) is 5.10 Å². The van der Waals surface area contributed by atoms with Gasteiger partial charge in [0.25, 0.3) is 0 Å². The van der Waals surface area contributed by atoms with E-state index in [0.717, 1.165) is 38.4 Å². The van der Waals surface area contributed by atoms with E-state index in [9.17, 15) is 0 Å². The van der Waals surface area contributed by atoms with Gasteiger partial charge in [0.1, 0.15) is 0 Å². The molecule has 0 bridgehead atoms. The Bertz CT molecular complexity index is 386. The van der Waals surface area contributed by atoms with Crippen LogP contribution in [0.15, 0.2) is 6.20 Å². The monoisotopic (exact) mass is 358 g/mol. The summed E-state index contributed by atoms with van der Waals surface area (Å²) in [5.41, 5.74) is 1.08. The topological polar surface area (TPSA) is 70.4 Å². The van der Waals surface area contributed by atoms with Gasteiger partial charge in [-0.3, -0.25) is 0 Å². The largest absolute Gasteiger partial charge is 0.381 e. The lowest BCUT2D eigenvalue weighted by Gasteiger charge is -2.09. The van der Waals surface area contributed by atoms with E-state index in [1.165, 1.54) is 0 Å². The van der Waals surface area contributed by atoms with Crippen LogP contribution in [-0.4, -0.2) is 67.7 Å². The van der Waals surface area contributed by atoms with Gasteiger partial charge in [0.2, 0.25) is 0 Å². The van der Waals surface area contributed by atoms with Crippen LogP contribution >= 0.6 is 0 Å². The molecule has 0 unspecified atom stereocenters. The zero-order valence-electron chi connectivity index (χ0n) is 16.8. The average Bonchev–Trinajstić information content (AvgIpc) is 3.06. The number of aromatic nitrogens is 3. The van der Waals surface area contributed by atoms with E-state index in [0.29, 0.717) is 38.9 Å². The molecule has 0 aromatic carbocycles. The van der Waals surface area contributed by atoms with Crippen LogP contribution in [0.5, 0.6) is 0 Å². The molecular weight excluding hydrogens is 320 g/mol. The molecule has 0 amide bonds. The summed E-state index contributed by atoms with van der Waals surface area (Å²) in [6.07, 6.45) is 2.61. The lowest BCUT2D eigenvalue weighted by molar-refractivity contribution is 0.0444. The molecule has 0 saturated carbocycles. The summed E-state index contributed by atoms with van der Waals surface area (Å²) in [6.45, 7) is 17.0. The van der Waals surface area contributed by atoms with Crippen molar-refractivity contribution in [3.63, 3.8) is 0 Å². The van der Waals surface area contributed by atoms with Crippen LogP contribution in [0.3, 0.4) is 0 Å². The van der Waals surface area contributed by atoms with E-state index in [1.807, 2.05) is 25.5 Å². The maximum Gasteiger partial charge on any atom is 0.0726 e. The fourth-order valence-corrected chi connectivity index (χ4v) is 1.99. The molecule has 1 N–H and O–H groups in total. The van der Waals surface area contributed by atoms with Crippen LogP contribution in [0, 0.1) is 5.92 Å². The van der Waals surface area contributed by atoms with Crippen LogP contribution < -0.4 is 5.32 Å². The van der Waals surface area contributed by atoms with Crippen molar-refractivity contribution in [3.8, 4) is 0 Å². The minimum Gasteiger partial charge on any atom is -0.381 e. The van der Waals surface area contributed by atoms with E-state index in [1.54, 1.807) is 6.20 Å². The Kier molecular flexibility index (Phi) is 17.1. The number of ether oxygens (including phenoxy) is 3. The molecule has 0 aliphatic rings. The predicted octanol–water partition coefficient (Wildman–Crippen LogP) is 2.16. The summed E-state index contributed by atoms with van der Waals surface area (Å²) in [4.78, 5) is 0. The van der Waals surface area contributed by atoms with E-state index in [4.69, 9.17) is 14.2 Å². The molecule has 1 aromatic heterocycles. The first-order chi connectivity index (χ1) is 12.2. The van der Waals surface area contributed by atoms with Gasteiger partial charge in [-0.1, -0.05) is 32.9 Å². The number of nitrogens with one attached hydrogen (secondary N) is 1. The first-order valence-corrected chi connectivity index (χ1v) is 9.55. The maximum absolute atomic E-state index is 5.57. The molecule has 0 radical (unpaired) electrons. The maximum atomic E-state index is 5.57. The third-order valence-electron chi connectivity index (χ3n) is 3.20. The summed E-state index contributed by atoms with van der Waals surface area (Å²) in [6, 6.07) is 0. The van der Waals surface area contributed by atoms with E-state index in [-0.39, 0.29) is 0 Å². The van der Waals surface area contributed by atoms with Gasteiger partial charge >= 0.3 is 0 Å². The van der Waals surface area contributed by atoms with Crippen LogP contribution in [0.1, 0.15) is 40.3 Å². The molecule has 0 spiro atoms. The van der Waals surface area contributed by atoms with Gasteiger partial charge in [-0.25, -0.2) is 4.68 Å². The van der Waals surface area contributed by atoms with Crippen LogP contribution in [0.2, 0.25) is 0 Å². The molecule has 0 atom stereocenters. The second-order valence-corrected chi connectivity index (χ2v) is 5.72. The molecule has 25 heavy (non-hydrogen) atoms. The number of hydrogen-bond acceptors (Lipinski definition) is 6. The molecule has 1 rings (SSSR count). The van der Waals surface area contributed by atoms with Crippen molar-refractivity contribution < 1.29 is 14.2 Å². The fourth-order valence-electron chi connectivity index (χ4n) is 1.99. The normalized spacial score (nSPS) is 10.8. The number of hydrogen-bond donors (Lipinski definition) is 1. The lowest BCUT2D eigenvalue weighted by atomic mass is 10.2. The highest BCUT2D eigenvalue weighted by Crippen LogP contribution is 1.98. The Morgan fingerprint density at radius 1 is 1.04 bits per heavy atom. The molecule has 1 heterocycles. The number of rotatable bonds is 15. The first kappa shape index (κ1) is 24.0. The highest BCUT2D eigenvalue weighted by Gasteiger charge is 2.03. The first-order valence-electron chi connectivity index (χ1n) is 9.55. The third kappa shape index (κ3) is 13.9. The average molecular weight is 359 g/mol. The zero-order chi connectivity index (χ0) is 18.8. The Morgan fingerprint density at radius 2 is 1.76 bits per heavy atom. The summed E-state index contributed by atoms with van der Waals surface area (Å²) in [5, 5.41) is 11.3. The van der Waals surface area contributed by atoms with Crippen molar-refractivity contribution in [2.75, 3.05) is 52.7 Å². The van der Waals surface area contributed by atoms with E-state index in [2.05, 4.69) is 29.5 Å². The summed E-state index contributed by atoms with van der Waals surface area (Å²) in [7, 11) is 0. The Balaban J connectivity index is 0.00000277. The van der Waals surface area contributed by atoms with Gasteiger partial charge in [-0.2, -0.15) is 0 Å². The molecule has 1 aromatic rings. The molecule has 7 heteroatoms. The summed E-state index contributed by atoms with van der Waals surface area (Å²) in [5.74, 6) is 0.675. The quantitative estimate of drug-likeness (QED) is 0.485.